The number of nitrogens with two attached hydrogens (primary N) is 1. The molecule has 1 rings (SSSR count). The minimum atomic E-state index is -0.0886. The van der Waals surface area contributed by atoms with E-state index in [0.717, 1.165) is 6.54 Å². The van der Waals surface area contributed by atoms with Gasteiger partial charge in [0.1, 0.15) is 5.69 Å². The number of aryl methyl sites for hydroxylation is 1. The molecular weight excluding hydrogens is 142 g/mol. The predicted octanol–water partition coefficient (Wildman–Crippen LogP) is 0.272. The average molecular weight is 155 g/mol. The van der Waals surface area contributed by atoms with Gasteiger partial charge in [-0.05, 0) is 13.8 Å². The van der Waals surface area contributed by atoms with Gasteiger partial charge in [-0.15, -0.1) is 0 Å². The number of aromatic nitrogens is 2. The van der Waals surface area contributed by atoms with E-state index in [4.69, 9.17) is 5.73 Å². The van der Waals surface area contributed by atoms with E-state index in [1.807, 2.05) is 18.5 Å². The van der Waals surface area contributed by atoms with Crippen LogP contribution in [0, 0.1) is 0 Å². The van der Waals surface area contributed by atoms with E-state index < -0.39 is 0 Å². The Hall–Kier alpha value is -1.19. The molecule has 0 atom stereocenters. The van der Waals surface area contributed by atoms with Gasteiger partial charge in [0.2, 0.25) is 0 Å². The largest absolute Gasteiger partial charge is 0.393 e. The van der Waals surface area contributed by atoms with Crippen molar-refractivity contribution in [2.45, 2.75) is 26.9 Å². The zero-order valence-corrected chi connectivity index (χ0v) is 6.87. The SMILES string of the molecule is CCn1cc(N)c(=O)n1CC. The Morgan fingerprint density at radius 2 is 2.09 bits per heavy atom. The summed E-state index contributed by atoms with van der Waals surface area (Å²) in [5.74, 6) is 0. The summed E-state index contributed by atoms with van der Waals surface area (Å²) in [6, 6.07) is 0. The van der Waals surface area contributed by atoms with E-state index in [1.54, 1.807) is 10.9 Å². The highest BCUT2D eigenvalue weighted by Crippen LogP contribution is 1.94. The fourth-order valence-electron chi connectivity index (χ4n) is 1.14. The highest BCUT2D eigenvalue weighted by Gasteiger charge is 2.03. The van der Waals surface area contributed by atoms with E-state index in [-0.39, 0.29) is 5.56 Å². The summed E-state index contributed by atoms with van der Waals surface area (Å²) in [5, 5.41) is 0. The van der Waals surface area contributed by atoms with Gasteiger partial charge < -0.3 is 5.73 Å². The summed E-state index contributed by atoms with van der Waals surface area (Å²) in [5.41, 5.74) is 5.68. The van der Waals surface area contributed by atoms with Gasteiger partial charge in [0.15, 0.2) is 0 Å². The van der Waals surface area contributed by atoms with Gasteiger partial charge >= 0.3 is 0 Å². The molecule has 0 aromatic carbocycles. The second-order valence-electron chi connectivity index (χ2n) is 2.36. The van der Waals surface area contributed by atoms with Crippen LogP contribution in [0.2, 0.25) is 0 Å². The molecule has 11 heavy (non-hydrogen) atoms. The molecule has 0 aliphatic carbocycles. The molecule has 1 heterocycles. The third-order valence-corrected chi connectivity index (χ3v) is 1.70. The normalized spacial score (nSPS) is 10.4. The fourth-order valence-corrected chi connectivity index (χ4v) is 1.14. The molecule has 0 amide bonds. The minimum Gasteiger partial charge on any atom is -0.393 e. The summed E-state index contributed by atoms with van der Waals surface area (Å²) in [4.78, 5) is 11.2. The summed E-state index contributed by atoms with van der Waals surface area (Å²) in [6.45, 7) is 5.35. The van der Waals surface area contributed by atoms with E-state index in [2.05, 4.69) is 0 Å². The maximum absolute atomic E-state index is 11.2. The molecule has 0 saturated heterocycles. The standard InChI is InChI=1S/C7H13N3O/c1-3-9-5-6(8)7(11)10(9)4-2/h5H,3-4,8H2,1-2H3. The van der Waals surface area contributed by atoms with Crippen LogP contribution < -0.4 is 11.3 Å². The molecule has 0 aliphatic heterocycles. The van der Waals surface area contributed by atoms with Crippen molar-refractivity contribution in [3.05, 3.63) is 16.6 Å². The molecule has 2 N–H and O–H groups in total. The van der Waals surface area contributed by atoms with Crippen LogP contribution in [0.3, 0.4) is 0 Å². The molecule has 0 unspecified atom stereocenters. The van der Waals surface area contributed by atoms with Crippen LogP contribution in [-0.4, -0.2) is 9.36 Å². The average Bonchev–Trinajstić information content (AvgIpc) is 2.28. The Balaban J connectivity index is 3.27. The Labute approximate surface area is 65.2 Å². The Morgan fingerprint density at radius 1 is 1.45 bits per heavy atom. The predicted molar refractivity (Wildman–Crippen MR) is 44.5 cm³/mol. The van der Waals surface area contributed by atoms with Crippen LogP contribution in [0.4, 0.5) is 5.69 Å². The molecule has 4 nitrogen and oxygen atoms in total. The van der Waals surface area contributed by atoms with Gasteiger partial charge in [-0.2, -0.15) is 0 Å². The number of hydrogen-bond donors (Lipinski definition) is 1. The minimum absolute atomic E-state index is 0.0886. The van der Waals surface area contributed by atoms with E-state index in [1.165, 1.54) is 0 Å². The molecule has 62 valence electrons. The quantitative estimate of drug-likeness (QED) is 0.666. The lowest BCUT2D eigenvalue weighted by molar-refractivity contribution is 0.477. The van der Waals surface area contributed by atoms with Crippen molar-refractivity contribution in [2.75, 3.05) is 5.73 Å². The maximum Gasteiger partial charge on any atom is 0.289 e. The Morgan fingerprint density at radius 3 is 2.45 bits per heavy atom. The molecule has 0 aliphatic rings. The lowest BCUT2D eigenvalue weighted by Crippen LogP contribution is -2.22. The van der Waals surface area contributed by atoms with E-state index in [0.29, 0.717) is 12.2 Å². The van der Waals surface area contributed by atoms with Crippen LogP contribution in [0.5, 0.6) is 0 Å². The van der Waals surface area contributed by atoms with Crippen LogP contribution in [0.25, 0.3) is 0 Å². The van der Waals surface area contributed by atoms with Gasteiger partial charge in [-0.1, -0.05) is 0 Å². The fraction of sp³-hybridized carbons (Fsp3) is 0.571. The Kier molecular flexibility index (Phi) is 2.03. The smallest absolute Gasteiger partial charge is 0.289 e. The third-order valence-electron chi connectivity index (χ3n) is 1.70. The van der Waals surface area contributed by atoms with Gasteiger partial charge in [0.25, 0.3) is 5.56 Å². The van der Waals surface area contributed by atoms with Crippen LogP contribution in [0.1, 0.15) is 13.8 Å². The first-order chi connectivity index (χ1) is 5.20. The molecule has 0 spiro atoms. The molecule has 0 radical (unpaired) electrons. The number of hydrogen-bond acceptors (Lipinski definition) is 2. The van der Waals surface area contributed by atoms with Crippen molar-refractivity contribution in [1.29, 1.82) is 0 Å². The third kappa shape index (κ3) is 1.15. The molecule has 0 saturated carbocycles. The van der Waals surface area contributed by atoms with Crippen molar-refractivity contribution < 1.29 is 0 Å². The second-order valence-corrected chi connectivity index (χ2v) is 2.36. The monoisotopic (exact) mass is 155 g/mol. The highest BCUT2D eigenvalue weighted by atomic mass is 16.1. The van der Waals surface area contributed by atoms with Crippen molar-refractivity contribution in [1.82, 2.24) is 9.36 Å². The second kappa shape index (κ2) is 2.82. The first kappa shape index (κ1) is 7.91. The molecule has 0 fully saturated rings. The molecule has 4 heteroatoms. The number of rotatable bonds is 2. The van der Waals surface area contributed by atoms with Crippen LogP contribution in [-0.2, 0) is 13.1 Å². The zero-order chi connectivity index (χ0) is 8.43. The summed E-state index contributed by atoms with van der Waals surface area (Å²) in [6.07, 6.45) is 1.67. The van der Waals surface area contributed by atoms with Crippen molar-refractivity contribution in [2.24, 2.45) is 0 Å². The van der Waals surface area contributed by atoms with Crippen molar-refractivity contribution in [3.8, 4) is 0 Å². The highest BCUT2D eigenvalue weighted by molar-refractivity contribution is 5.31. The van der Waals surface area contributed by atoms with Gasteiger partial charge in [0.05, 0.1) is 6.20 Å². The Bertz CT molecular complexity index is 297. The van der Waals surface area contributed by atoms with Crippen molar-refractivity contribution >= 4 is 5.69 Å². The number of nitrogen functional groups attached to an aromatic ring is 1. The summed E-state index contributed by atoms with van der Waals surface area (Å²) < 4.78 is 3.44. The molecule has 1 aromatic rings. The van der Waals surface area contributed by atoms with Crippen LogP contribution >= 0.6 is 0 Å². The molecule has 1 aromatic heterocycles. The number of nitrogens with zero attached hydrogens (tertiary/aromatic N) is 2. The zero-order valence-electron chi connectivity index (χ0n) is 6.87. The first-order valence-electron chi connectivity index (χ1n) is 3.76. The lowest BCUT2D eigenvalue weighted by Gasteiger charge is -2.04. The van der Waals surface area contributed by atoms with Gasteiger partial charge in [0, 0.05) is 13.1 Å². The summed E-state index contributed by atoms with van der Waals surface area (Å²) >= 11 is 0. The van der Waals surface area contributed by atoms with Gasteiger partial charge in [-0.25, -0.2) is 4.68 Å². The topological polar surface area (TPSA) is 52.9 Å². The van der Waals surface area contributed by atoms with E-state index in [9.17, 15) is 4.79 Å². The molecule has 0 bridgehead atoms. The summed E-state index contributed by atoms with van der Waals surface area (Å²) in [7, 11) is 0. The maximum atomic E-state index is 11.2. The van der Waals surface area contributed by atoms with Crippen molar-refractivity contribution in [3.63, 3.8) is 0 Å². The first-order valence-corrected chi connectivity index (χ1v) is 3.76. The van der Waals surface area contributed by atoms with Crippen LogP contribution in [0.15, 0.2) is 11.0 Å². The molecular formula is C7H13N3O. The lowest BCUT2D eigenvalue weighted by atomic mass is 10.6. The van der Waals surface area contributed by atoms with E-state index >= 15 is 0 Å². The number of anilines is 1. The van der Waals surface area contributed by atoms with Gasteiger partial charge in [-0.3, -0.25) is 9.48 Å².